The van der Waals surface area contributed by atoms with E-state index in [0.717, 1.165) is 39.3 Å². The lowest BCUT2D eigenvalue weighted by molar-refractivity contribution is -0.136. The van der Waals surface area contributed by atoms with Gasteiger partial charge in [-0.15, -0.1) is 0 Å². The number of piperazine rings is 1. The Morgan fingerprint density at radius 2 is 1.76 bits per heavy atom. The molecular formula is C32H33N9O. The molecule has 0 aliphatic carbocycles. The molecule has 10 nitrogen and oxygen atoms in total. The highest BCUT2D eigenvalue weighted by atomic mass is 16.2. The Labute approximate surface area is 245 Å². The second-order valence-corrected chi connectivity index (χ2v) is 11.0. The summed E-state index contributed by atoms with van der Waals surface area (Å²) < 4.78 is 3.62. The van der Waals surface area contributed by atoms with Gasteiger partial charge in [0.15, 0.2) is 0 Å². The van der Waals surface area contributed by atoms with E-state index in [9.17, 15) is 10.1 Å². The Bertz CT molecular complexity index is 1790. The van der Waals surface area contributed by atoms with Crippen molar-refractivity contribution in [1.29, 1.82) is 5.26 Å². The van der Waals surface area contributed by atoms with Gasteiger partial charge in [-0.3, -0.25) is 18.8 Å². The fourth-order valence-corrected chi connectivity index (χ4v) is 5.70. The molecule has 1 fully saturated rings. The Morgan fingerprint density at radius 3 is 2.40 bits per heavy atom. The number of anilines is 1. The van der Waals surface area contributed by atoms with Crippen molar-refractivity contribution in [2.75, 3.05) is 45.2 Å². The molecule has 1 atom stereocenters. The van der Waals surface area contributed by atoms with Crippen molar-refractivity contribution in [2.45, 2.75) is 13.0 Å². The van der Waals surface area contributed by atoms with Gasteiger partial charge in [0, 0.05) is 56.7 Å². The van der Waals surface area contributed by atoms with E-state index in [1.807, 2.05) is 90.3 Å². The molecule has 4 aromatic heterocycles. The zero-order valence-electron chi connectivity index (χ0n) is 24.3. The molecule has 212 valence electrons. The van der Waals surface area contributed by atoms with Crippen molar-refractivity contribution in [2.24, 2.45) is 7.05 Å². The van der Waals surface area contributed by atoms with Gasteiger partial charge in [0.2, 0.25) is 5.91 Å². The zero-order chi connectivity index (χ0) is 29.4. The fourth-order valence-electron chi connectivity index (χ4n) is 5.70. The summed E-state index contributed by atoms with van der Waals surface area (Å²) in [5.41, 5.74) is 6.96. The number of carbonyl (C=O) groups is 1. The van der Waals surface area contributed by atoms with Crippen LogP contribution in [0.4, 0.5) is 5.82 Å². The lowest BCUT2D eigenvalue weighted by Gasteiger charge is -2.38. The summed E-state index contributed by atoms with van der Waals surface area (Å²) in [5, 5.41) is 14.0. The quantitative estimate of drug-likeness (QED) is 0.311. The number of carbonyl (C=O) groups excluding carboxylic acids is 1. The summed E-state index contributed by atoms with van der Waals surface area (Å²) in [6.07, 6.45) is 7.21. The number of likely N-dealkylation sites (N-methyl/N-ethyl adjacent to an activating group) is 1. The molecule has 1 saturated heterocycles. The maximum Gasteiger partial charge on any atom is 0.244 e. The summed E-state index contributed by atoms with van der Waals surface area (Å²) in [7, 11) is 5.79. The average molecular weight is 560 g/mol. The van der Waals surface area contributed by atoms with Crippen LogP contribution in [0.2, 0.25) is 0 Å². The molecule has 5 heterocycles. The summed E-state index contributed by atoms with van der Waals surface area (Å²) in [5.74, 6) is 0.985. The van der Waals surface area contributed by atoms with Gasteiger partial charge in [0.05, 0.1) is 18.1 Å². The minimum atomic E-state index is -0.311. The molecule has 5 aromatic rings. The number of fused-ring (bicyclic) bond motifs is 1. The van der Waals surface area contributed by atoms with Gasteiger partial charge >= 0.3 is 0 Å². The van der Waals surface area contributed by atoms with Crippen LogP contribution in [0.15, 0.2) is 73.3 Å². The molecule has 1 aliphatic heterocycles. The standard InChI is InChI=1S/C32H33N9O/c1-22-6-5-7-23(14-22)31(37(2)3)32(42)40-12-10-39(11-13-40)29-9-8-24(18-34-29)28-15-25(26-19-36-38(4)21-26)16-30-35-20-27(17-33)41(28)30/h5-9,14-16,18-21,31H,10-13H2,1-4H3/t31-/m1/s1. The highest BCUT2D eigenvalue weighted by molar-refractivity contribution is 5.83. The molecule has 0 bridgehead atoms. The summed E-state index contributed by atoms with van der Waals surface area (Å²) in [6, 6.07) is 18.2. The van der Waals surface area contributed by atoms with E-state index in [1.54, 1.807) is 10.9 Å². The SMILES string of the molecule is Cc1cccc([C@H](C(=O)N2CCN(c3ccc(-c4cc(-c5cnn(C)c5)cc5ncc(C#N)n45)cn3)CC2)N(C)C)c1. The summed E-state index contributed by atoms with van der Waals surface area (Å²) >= 11 is 0. The van der Waals surface area contributed by atoms with E-state index < -0.39 is 0 Å². The number of amides is 1. The van der Waals surface area contributed by atoms with E-state index in [0.29, 0.717) is 37.5 Å². The van der Waals surface area contributed by atoms with Crippen LogP contribution in [0, 0.1) is 18.3 Å². The highest BCUT2D eigenvalue weighted by Gasteiger charge is 2.30. The van der Waals surface area contributed by atoms with Gasteiger partial charge in [-0.25, -0.2) is 9.97 Å². The van der Waals surface area contributed by atoms with Crippen LogP contribution in [-0.2, 0) is 11.8 Å². The minimum Gasteiger partial charge on any atom is -0.353 e. The average Bonchev–Trinajstić information content (AvgIpc) is 3.63. The van der Waals surface area contributed by atoms with Crippen LogP contribution >= 0.6 is 0 Å². The Hall–Kier alpha value is -5.01. The number of aromatic nitrogens is 5. The number of nitriles is 1. The zero-order valence-corrected chi connectivity index (χ0v) is 24.3. The van der Waals surface area contributed by atoms with Crippen LogP contribution in [0.1, 0.15) is 22.9 Å². The number of rotatable bonds is 6. The van der Waals surface area contributed by atoms with Crippen molar-refractivity contribution < 1.29 is 4.79 Å². The molecule has 1 amide bonds. The molecule has 42 heavy (non-hydrogen) atoms. The largest absolute Gasteiger partial charge is 0.353 e. The van der Waals surface area contributed by atoms with Crippen LogP contribution in [-0.4, -0.2) is 80.1 Å². The first-order valence-corrected chi connectivity index (χ1v) is 14.0. The molecule has 1 aliphatic rings. The smallest absolute Gasteiger partial charge is 0.244 e. The molecule has 10 heteroatoms. The van der Waals surface area contributed by atoms with E-state index in [-0.39, 0.29) is 11.9 Å². The lowest BCUT2D eigenvalue weighted by Crippen LogP contribution is -2.51. The van der Waals surface area contributed by atoms with E-state index >= 15 is 0 Å². The Morgan fingerprint density at radius 1 is 0.952 bits per heavy atom. The normalized spacial score (nSPS) is 14.4. The van der Waals surface area contributed by atoms with Gasteiger partial charge < -0.3 is 9.80 Å². The van der Waals surface area contributed by atoms with Crippen molar-refractivity contribution in [3.8, 4) is 28.5 Å². The van der Waals surface area contributed by atoms with Crippen LogP contribution < -0.4 is 4.90 Å². The maximum atomic E-state index is 13.6. The van der Waals surface area contributed by atoms with E-state index in [4.69, 9.17) is 4.98 Å². The monoisotopic (exact) mass is 559 g/mol. The van der Waals surface area contributed by atoms with E-state index in [2.05, 4.69) is 40.1 Å². The van der Waals surface area contributed by atoms with Crippen LogP contribution in [0.25, 0.3) is 28.0 Å². The maximum absolute atomic E-state index is 13.6. The van der Waals surface area contributed by atoms with Crippen molar-refractivity contribution >= 4 is 17.4 Å². The van der Waals surface area contributed by atoms with Crippen LogP contribution in [0.5, 0.6) is 0 Å². The third kappa shape index (κ3) is 5.10. The molecule has 0 radical (unpaired) electrons. The van der Waals surface area contributed by atoms with Gasteiger partial charge in [-0.1, -0.05) is 29.8 Å². The first kappa shape index (κ1) is 27.2. The third-order valence-corrected chi connectivity index (χ3v) is 7.83. The van der Waals surface area contributed by atoms with Gasteiger partial charge in [0.25, 0.3) is 0 Å². The number of benzene rings is 1. The van der Waals surface area contributed by atoms with Crippen molar-refractivity contribution in [1.82, 2.24) is 33.9 Å². The third-order valence-electron chi connectivity index (χ3n) is 7.83. The molecule has 1 aromatic carbocycles. The molecule has 0 spiro atoms. The van der Waals surface area contributed by atoms with Crippen molar-refractivity contribution in [3.63, 3.8) is 0 Å². The molecule has 0 N–H and O–H groups in total. The highest BCUT2D eigenvalue weighted by Crippen LogP contribution is 2.30. The second kappa shape index (κ2) is 11.1. The summed E-state index contributed by atoms with van der Waals surface area (Å²) in [4.78, 5) is 29.0. The van der Waals surface area contributed by atoms with Gasteiger partial charge in [0.1, 0.15) is 29.3 Å². The number of aryl methyl sites for hydroxylation is 2. The minimum absolute atomic E-state index is 0.125. The number of pyridine rings is 2. The number of hydrogen-bond donors (Lipinski definition) is 0. The number of nitrogens with zero attached hydrogens (tertiary/aromatic N) is 9. The molecule has 0 saturated carbocycles. The number of imidazole rings is 1. The number of hydrogen-bond acceptors (Lipinski definition) is 7. The molecule has 0 unspecified atom stereocenters. The Balaban J connectivity index is 1.21. The predicted octanol–water partition coefficient (Wildman–Crippen LogP) is 3.93. The molecular weight excluding hydrogens is 526 g/mol. The van der Waals surface area contributed by atoms with E-state index in [1.165, 1.54) is 0 Å². The summed E-state index contributed by atoms with van der Waals surface area (Å²) in [6.45, 7) is 4.72. The Kier molecular flexibility index (Phi) is 7.19. The van der Waals surface area contributed by atoms with Crippen molar-refractivity contribution in [3.05, 3.63) is 90.1 Å². The van der Waals surface area contributed by atoms with Gasteiger partial charge in [-0.05, 0) is 56.4 Å². The topological polar surface area (TPSA) is 98.6 Å². The second-order valence-electron chi connectivity index (χ2n) is 11.0. The first-order chi connectivity index (χ1) is 20.3. The lowest BCUT2D eigenvalue weighted by atomic mass is 10.0. The fraction of sp³-hybridized carbons (Fsp3) is 0.281. The van der Waals surface area contributed by atoms with Gasteiger partial charge in [-0.2, -0.15) is 10.4 Å². The molecule has 6 rings (SSSR count). The first-order valence-electron chi connectivity index (χ1n) is 14.0. The predicted molar refractivity (Wildman–Crippen MR) is 162 cm³/mol. The van der Waals surface area contributed by atoms with Crippen LogP contribution in [0.3, 0.4) is 0 Å².